The van der Waals surface area contributed by atoms with E-state index < -0.39 is 6.10 Å². The molecule has 2 aromatic rings. The molecule has 2 rings (SSSR count). The number of aliphatic hydroxyl groups is 1. The smallest absolute Gasteiger partial charge is 0.126 e. The molecule has 0 saturated carbocycles. The van der Waals surface area contributed by atoms with Gasteiger partial charge in [-0.25, -0.2) is 9.37 Å². The maximum Gasteiger partial charge on any atom is 0.126 e. The molecule has 0 aliphatic rings. The van der Waals surface area contributed by atoms with Gasteiger partial charge in [-0.1, -0.05) is 12.1 Å². The monoisotopic (exact) mass is 251 g/mol. The van der Waals surface area contributed by atoms with Gasteiger partial charge in [0.05, 0.1) is 11.1 Å². The predicted octanol–water partition coefficient (Wildman–Crippen LogP) is 3.18. The van der Waals surface area contributed by atoms with Crippen LogP contribution < -0.4 is 0 Å². The minimum atomic E-state index is -0.698. The fourth-order valence-corrected chi connectivity index (χ4v) is 2.41. The van der Waals surface area contributed by atoms with Crippen LogP contribution in [0.15, 0.2) is 23.6 Å². The number of hydrogen-bond acceptors (Lipinski definition) is 3. The maximum atomic E-state index is 13.4. The largest absolute Gasteiger partial charge is 0.388 e. The molecule has 0 radical (unpaired) electrons. The summed E-state index contributed by atoms with van der Waals surface area (Å²) in [5.74, 6) is -0.281. The van der Waals surface area contributed by atoms with Gasteiger partial charge >= 0.3 is 0 Å². The van der Waals surface area contributed by atoms with E-state index in [0.717, 1.165) is 10.7 Å². The zero-order valence-corrected chi connectivity index (χ0v) is 10.6. The summed E-state index contributed by atoms with van der Waals surface area (Å²) < 4.78 is 13.4. The number of thiazole rings is 1. The van der Waals surface area contributed by atoms with Crippen molar-refractivity contribution in [2.24, 2.45) is 0 Å². The van der Waals surface area contributed by atoms with Gasteiger partial charge in [-0.2, -0.15) is 0 Å². The summed E-state index contributed by atoms with van der Waals surface area (Å²) in [6.45, 7) is 3.62. The number of nitrogens with zero attached hydrogens (tertiary/aromatic N) is 1. The van der Waals surface area contributed by atoms with Crippen LogP contribution in [0, 0.1) is 19.7 Å². The molecule has 1 heterocycles. The molecular formula is C13H14FNOS. The van der Waals surface area contributed by atoms with Gasteiger partial charge in [0.25, 0.3) is 0 Å². The second kappa shape index (κ2) is 4.94. The molecule has 17 heavy (non-hydrogen) atoms. The number of aromatic nitrogens is 1. The van der Waals surface area contributed by atoms with Gasteiger partial charge in [0, 0.05) is 17.5 Å². The second-order valence-electron chi connectivity index (χ2n) is 4.11. The lowest BCUT2D eigenvalue weighted by atomic mass is 10.0. The first-order valence-electron chi connectivity index (χ1n) is 5.41. The Labute approximate surface area is 104 Å². The molecule has 1 aromatic carbocycles. The highest BCUT2D eigenvalue weighted by Gasteiger charge is 2.12. The SMILES string of the molecule is Cc1csc(CC(O)c2ccc(C)c(F)c2)n1. The molecule has 0 saturated heterocycles. The van der Waals surface area contributed by atoms with Crippen LogP contribution >= 0.6 is 11.3 Å². The highest BCUT2D eigenvalue weighted by molar-refractivity contribution is 7.09. The predicted molar refractivity (Wildman–Crippen MR) is 66.7 cm³/mol. The topological polar surface area (TPSA) is 33.1 Å². The van der Waals surface area contributed by atoms with Crippen molar-refractivity contribution in [3.63, 3.8) is 0 Å². The van der Waals surface area contributed by atoms with Crippen molar-refractivity contribution < 1.29 is 9.50 Å². The van der Waals surface area contributed by atoms with Gasteiger partial charge in [0.15, 0.2) is 0 Å². The van der Waals surface area contributed by atoms with Crippen LogP contribution in [0.25, 0.3) is 0 Å². The Morgan fingerprint density at radius 3 is 2.76 bits per heavy atom. The highest BCUT2D eigenvalue weighted by Crippen LogP contribution is 2.22. The van der Waals surface area contributed by atoms with Crippen molar-refractivity contribution in [2.75, 3.05) is 0 Å². The molecule has 1 atom stereocenters. The molecule has 0 bridgehead atoms. The third kappa shape index (κ3) is 2.90. The quantitative estimate of drug-likeness (QED) is 0.909. The Hall–Kier alpha value is -1.26. The molecule has 4 heteroatoms. The van der Waals surface area contributed by atoms with Gasteiger partial charge in [-0.15, -0.1) is 11.3 Å². The van der Waals surface area contributed by atoms with E-state index in [1.807, 2.05) is 12.3 Å². The minimum absolute atomic E-state index is 0.281. The summed E-state index contributed by atoms with van der Waals surface area (Å²) in [5.41, 5.74) is 2.14. The third-order valence-corrected chi connectivity index (χ3v) is 3.60. The Kier molecular flexibility index (Phi) is 3.54. The Balaban J connectivity index is 2.14. The lowest BCUT2D eigenvalue weighted by Crippen LogP contribution is -2.02. The van der Waals surface area contributed by atoms with E-state index in [9.17, 15) is 9.50 Å². The first kappa shape index (κ1) is 12.2. The molecule has 2 nitrogen and oxygen atoms in total. The van der Waals surface area contributed by atoms with Crippen LogP contribution in [-0.4, -0.2) is 10.1 Å². The maximum absolute atomic E-state index is 13.4. The van der Waals surface area contributed by atoms with Crippen molar-refractivity contribution >= 4 is 11.3 Å². The van der Waals surface area contributed by atoms with Crippen LogP contribution in [-0.2, 0) is 6.42 Å². The van der Waals surface area contributed by atoms with Crippen molar-refractivity contribution in [2.45, 2.75) is 26.4 Å². The first-order chi connectivity index (χ1) is 8.06. The molecule has 0 fully saturated rings. The van der Waals surface area contributed by atoms with Gasteiger partial charge in [0.1, 0.15) is 5.82 Å². The zero-order chi connectivity index (χ0) is 12.4. The molecule has 0 amide bonds. The summed E-state index contributed by atoms with van der Waals surface area (Å²) in [5, 5.41) is 12.8. The van der Waals surface area contributed by atoms with Crippen molar-refractivity contribution in [3.05, 3.63) is 51.2 Å². The molecule has 0 spiro atoms. The lowest BCUT2D eigenvalue weighted by Gasteiger charge is -2.10. The molecule has 90 valence electrons. The Bertz CT molecular complexity index is 524. The summed E-state index contributed by atoms with van der Waals surface area (Å²) in [7, 11) is 0. The Morgan fingerprint density at radius 2 is 2.18 bits per heavy atom. The summed E-state index contributed by atoms with van der Waals surface area (Å²) in [6.07, 6.45) is -0.267. The molecule has 0 aliphatic heterocycles. The van der Waals surface area contributed by atoms with Crippen LogP contribution in [0.4, 0.5) is 4.39 Å². The van der Waals surface area contributed by atoms with E-state index in [0.29, 0.717) is 17.5 Å². The Morgan fingerprint density at radius 1 is 1.41 bits per heavy atom. The average Bonchev–Trinajstić information content (AvgIpc) is 2.68. The number of halogens is 1. The number of aryl methyl sites for hydroxylation is 2. The summed E-state index contributed by atoms with van der Waals surface area (Å²) in [4.78, 5) is 4.28. The van der Waals surface area contributed by atoms with E-state index in [1.54, 1.807) is 19.1 Å². The minimum Gasteiger partial charge on any atom is -0.388 e. The standard InChI is InChI=1S/C13H14FNOS/c1-8-3-4-10(5-11(8)14)12(16)6-13-15-9(2)7-17-13/h3-5,7,12,16H,6H2,1-2H3. The van der Waals surface area contributed by atoms with E-state index in [4.69, 9.17) is 0 Å². The molecule has 0 aliphatic carbocycles. The van der Waals surface area contributed by atoms with Crippen LogP contribution in [0.3, 0.4) is 0 Å². The van der Waals surface area contributed by atoms with Gasteiger partial charge in [-0.3, -0.25) is 0 Å². The van der Waals surface area contributed by atoms with Crippen molar-refractivity contribution in [3.8, 4) is 0 Å². The van der Waals surface area contributed by atoms with Crippen LogP contribution in [0.5, 0.6) is 0 Å². The fraction of sp³-hybridized carbons (Fsp3) is 0.308. The zero-order valence-electron chi connectivity index (χ0n) is 9.77. The van der Waals surface area contributed by atoms with E-state index in [-0.39, 0.29) is 5.82 Å². The van der Waals surface area contributed by atoms with Gasteiger partial charge in [-0.05, 0) is 31.0 Å². The van der Waals surface area contributed by atoms with Crippen molar-refractivity contribution in [1.82, 2.24) is 4.98 Å². The molecule has 1 N–H and O–H groups in total. The van der Waals surface area contributed by atoms with E-state index in [1.165, 1.54) is 17.4 Å². The van der Waals surface area contributed by atoms with Crippen molar-refractivity contribution in [1.29, 1.82) is 0 Å². The lowest BCUT2D eigenvalue weighted by molar-refractivity contribution is 0.178. The highest BCUT2D eigenvalue weighted by atomic mass is 32.1. The molecular weight excluding hydrogens is 237 g/mol. The van der Waals surface area contributed by atoms with E-state index in [2.05, 4.69) is 4.98 Å². The van der Waals surface area contributed by atoms with Crippen LogP contribution in [0.2, 0.25) is 0 Å². The molecule has 1 unspecified atom stereocenters. The van der Waals surface area contributed by atoms with Crippen LogP contribution in [0.1, 0.15) is 27.9 Å². The first-order valence-corrected chi connectivity index (χ1v) is 6.29. The average molecular weight is 251 g/mol. The number of rotatable bonds is 3. The van der Waals surface area contributed by atoms with Gasteiger partial charge in [0.2, 0.25) is 0 Å². The second-order valence-corrected chi connectivity index (χ2v) is 5.05. The number of aliphatic hydroxyl groups excluding tert-OH is 1. The van der Waals surface area contributed by atoms with Gasteiger partial charge < -0.3 is 5.11 Å². The van der Waals surface area contributed by atoms with E-state index >= 15 is 0 Å². The number of benzene rings is 1. The summed E-state index contributed by atoms with van der Waals surface area (Å²) in [6, 6.07) is 4.82. The third-order valence-electron chi connectivity index (χ3n) is 2.62. The fourth-order valence-electron chi connectivity index (χ4n) is 1.60. The molecule has 1 aromatic heterocycles. The summed E-state index contributed by atoms with van der Waals surface area (Å²) >= 11 is 1.52. The normalized spacial score (nSPS) is 12.7. The number of hydrogen-bond donors (Lipinski definition) is 1.